The van der Waals surface area contributed by atoms with Crippen LogP contribution in [0.5, 0.6) is 11.5 Å². The first-order valence-electron chi connectivity index (χ1n) is 9.55. The lowest BCUT2D eigenvalue weighted by atomic mass is 10.0. The lowest BCUT2D eigenvalue weighted by Crippen LogP contribution is -2.12. The maximum absolute atomic E-state index is 5.43. The number of rotatable bonds is 6. The number of benzene rings is 3. The van der Waals surface area contributed by atoms with Crippen molar-refractivity contribution in [1.29, 1.82) is 0 Å². The van der Waals surface area contributed by atoms with Crippen LogP contribution in [0.4, 0.5) is 0 Å². The van der Waals surface area contributed by atoms with Crippen molar-refractivity contribution in [1.82, 2.24) is 10.3 Å². The quantitative estimate of drug-likeness (QED) is 0.464. The third kappa shape index (κ3) is 4.01. The fourth-order valence-electron chi connectivity index (χ4n) is 3.35. The van der Waals surface area contributed by atoms with E-state index in [0.717, 1.165) is 29.6 Å². The third-order valence-corrected chi connectivity index (χ3v) is 5.92. The molecule has 0 saturated carbocycles. The highest BCUT2D eigenvalue weighted by molar-refractivity contribution is 7.15. The molecule has 0 radical (unpaired) electrons. The molecule has 5 rings (SSSR count). The van der Waals surface area contributed by atoms with Gasteiger partial charge in [0.25, 0.3) is 0 Å². The van der Waals surface area contributed by atoms with Crippen LogP contribution < -0.4 is 14.8 Å². The minimum atomic E-state index is 0.306. The summed E-state index contributed by atoms with van der Waals surface area (Å²) < 4.78 is 10.8. The average Bonchev–Trinajstić information content (AvgIpc) is 3.44. The summed E-state index contributed by atoms with van der Waals surface area (Å²) in [5.74, 6) is 1.64. The molecule has 0 unspecified atom stereocenters. The number of aromatic nitrogens is 1. The van der Waals surface area contributed by atoms with Gasteiger partial charge in [-0.1, -0.05) is 60.7 Å². The van der Waals surface area contributed by atoms with E-state index in [1.54, 1.807) is 11.3 Å². The van der Waals surface area contributed by atoms with Crippen LogP contribution in [-0.4, -0.2) is 11.8 Å². The molecule has 1 N–H and O–H groups in total. The van der Waals surface area contributed by atoms with Crippen molar-refractivity contribution in [2.24, 2.45) is 0 Å². The summed E-state index contributed by atoms with van der Waals surface area (Å²) >= 11 is 1.72. The average molecular weight is 401 g/mol. The van der Waals surface area contributed by atoms with Crippen LogP contribution >= 0.6 is 11.3 Å². The molecule has 3 aromatic carbocycles. The maximum Gasteiger partial charge on any atom is 0.231 e. The Morgan fingerprint density at radius 3 is 2.41 bits per heavy atom. The van der Waals surface area contributed by atoms with Crippen LogP contribution in [0.25, 0.3) is 21.6 Å². The van der Waals surface area contributed by atoms with Crippen molar-refractivity contribution in [3.63, 3.8) is 0 Å². The monoisotopic (exact) mass is 400 g/mol. The van der Waals surface area contributed by atoms with Gasteiger partial charge in [-0.25, -0.2) is 4.98 Å². The van der Waals surface area contributed by atoms with Gasteiger partial charge in [0.2, 0.25) is 6.79 Å². The molecular weight excluding hydrogens is 380 g/mol. The third-order valence-electron chi connectivity index (χ3n) is 4.87. The van der Waals surface area contributed by atoms with Gasteiger partial charge in [0.1, 0.15) is 5.01 Å². The number of nitrogens with zero attached hydrogens (tertiary/aromatic N) is 1. The number of fused-ring (bicyclic) bond motifs is 1. The Morgan fingerprint density at radius 1 is 0.793 bits per heavy atom. The summed E-state index contributed by atoms with van der Waals surface area (Å²) in [4.78, 5) is 5.76. The Balaban J connectivity index is 1.20. The maximum atomic E-state index is 5.43. The molecule has 5 heteroatoms. The molecule has 0 atom stereocenters. The fourth-order valence-corrected chi connectivity index (χ4v) is 4.24. The lowest BCUT2D eigenvalue weighted by molar-refractivity contribution is 0.174. The van der Waals surface area contributed by atoms with E-state index in [1.807, 2.05) is 24.4 Å². The van der Waals surface area contributed by atoms with Crippen molar-refractivity contribution in [2.75, 3.05) is 6.79 Å². The van der Waals surface area contributed by atoms with E-state index in [0.29, 0.717) is 6.79 Å². The van der Waals surface area contributed by atoms with Crippen LogP contribution in [0.15, 0.2) is 79.0 Å². The van der Waals surface area contributed by atoms with Crippen LogP contribution in [0.2, 0.25) is 0 Å². The Kier molecular flexibility index (Phi) is 4.99. The number of thiazole rings is 1. The van der Waals surface area contributed by atoms with E-state index in [9.17, 15) is 0 Å². The minimum absolute atomic E-state index is 0.306. The SMILES string of the molecule is c1ccc(-c2ccc(-c3cnc(CNCc4ccc5c(c4)OCO5)s3)cc2)cc1. The van der Waals surface area contributed by atoms with Crippen LogP contribution in [0.1, 0.15) is 10.6 Å². The van der Waals surface area contributed by atoms with Crippen molar-refractivity contribution in [2.45, 2.75) is 13.1 Å². The molecule has 29 heavy (non-hydrogen) atoms. The van der Waals surface area contributed by atoms with Crippen LogP contribution in [0.3, 0.4) is 0 Å². The second-order valence-electron chi connectivity index (χ2n) is 6.85. The van der Waals surface area contributed by atoms with Gasteiger partial charge in [0, 0.05) is 19.3 Å². The number of hydrogen-bond acceptors (Lipinski definition) is 5. The largest absolute Gasteiger partial charge is 0.454 e. The first-order valence-corrected chi connectivity index (χ1v) is 10.4. The summed E-state index contributed by atoms with van der Waals surface area (Å²) in [5.41, 5.74) is 4.83. The van der Waals surface area contributed by atoms with Gasteiger partial charge >= 0.3 is 0 Å². The standard InChI is InChI=1S/C24H20N2O2S/c1-2-4-18(5-3-1)19-7-9-20(10-8-19)23-14-26-24(29-23)15-25-13-17-6-11-21-22(12-17)28-16-27-21/h1-12,14,25H,13,15-16H2. The Labute approximate surface area is 173 Å². The molecule has 0 fully saturated rings. The predicted octanol–water partition coefficient (Wildman–Crippen LogP) is 5.50. The molecule has 4 aromatic rings. The molecule has 0 bridgehead atoms. The van der Waals surface area contributed by atoms with E-state index in [-0.39, 0.29) is 0 Å². The van der Waals surface area contributed by atoms with Crippen molar-refractivity contribution < 1.29 is 9.47 Å². The van der Waals surface area contributed by atoms with Crippen LogP contribution in [0, 0.1) is 0 Å². The Bertz CT molecular complexity index is 1110. The van der Waals surface area contributed by atoms with Gasteiger partial charge in [-0.15, -0.1) is 11.3 Å². The Hall–Kier alpha value is -3.15. The lowest BCUT2D eigenvalue weighted by Gasteiger charge is -2.04. The first kappa shape index (κ1) is 17.9. The number of ether oxygens (including phenoxy) is 2. The Morgan fingerprint density at radius 2 is 1.55 bits per heavy atom. The second kappa shape index (κ2) is 8.07. The van der Waals surface area contributed by atoms with Gasteiger partial charge in [-0.3, -0.25) is 0 Å². The summed E-state index contributed by atoms with van der Waals surface area (Å²) in [6.07, 6.45) is 1.96. The fraction of sp³-hybridized carbons (Fsp3) is 0.125. The van der Waals surface area contributed by atoms with Crippen molar-refractivity contribution in [3.05, 3.63) is 89.6 Å². The zero-order chi connectivity index (χ0) is 19.5. The van der Waals surface area contributed by atoms with E-state index in [4.69, 9.17) is 9.47 Å². The smallest absolute Gasteiger partial charge is 0.231 e. The summed E-state index contributed by atoms with van der Waals surface area (Å²) in [6.45, 7) is 1.80. The molecule has 0 saturated heterocycles. The molecular formula is C24H20N2O2S. The van der Waals surface area contributed by atoms with Gasteiger partial charge in [0.05, 0.1) is 4.88 Å². The van der Waals surface area contributed by atoms with Crippen molar-refractivity contribution >= 4 is 11.3 Å². The van der Waals surface area contributed by atoms with Gasteiger partial charge in [0.15, 0.2) is 11.5 Å². The number of hydrogen-bond donors (Lipinski definition) is 1. The molecule has 0 amide bonds. The molecule has 144 valence electrons. The highest BCUT2D eigenvalue weighted by Crippen LogP contribution is 2.32. The van der Waals surface area contributed by atoms with Gasteiger partial charge in [-0.05, 0) is 34.4 Å². The van der Waals surface area contributed by atoms with Crippen molar-refractivity contribution in [3.8, 4) is 33.1 Å². The highest BCUT2D eigenvalue weighted by Gasteiger charge is 2.13. The topological polar surface area (TPSA) is 43.4 Å². The van der Waals surface area contributed by atoms with E-state index in [1.165, 1.54) is 27.1 Å². The molecule has 1 aromatic heterocycles. The predicted molar refractivity (Wildman–Crippen MR) is 116 cm³/mol. The van der Waals surface area contributed by atoms with E-state index in [2.05, 4.69) is 64.9 Å². The molecule has 4 nitrogen and oxygen atoms in total. The zero-order valence-electron chi connectivity index (χ0n) is 15.8. The molecule has 0 aliphatic carbocycles. The summed E-state index contributed by atoms with van der Waals surface area (Å²) in [7, 11) is 0. The zero-order valence-corrected chi connectivity index (χ0v) is 16.6. The van der Waals surface area contributed by atoms with Gasteiger partial charge in [-0.2, -0.15) is 0 Å². The molecule has 1 aliphatic heterocycles. The van der Waals surface area contributed by atoms with E-state index < -0.39 is 0 Å². The number of nitrogens with one attached hydrogen (secondary N) is 1. The minimum Gasteiger partial charge on any atom is -0.454 e. The summed E-state index contributed by atoms with van der Waals surface area (Å²) in [6, 6.07) is 25.1. The van der Waals surface area contributed by atoms with Gasteiger partial charge < -0.3 is 14.8 Å². The normalized spacial score (nSPS) is 12.3. The van der Waals surface area contributed by atoms with E-state index >= 15 is 0 Å². The summed E-state index contributed by atoms with van der Waals surface area (Å²) in [5, 5.41) is 4.53. The highest BCUT2D eigenvalue weighted by atomic mass is 32.1. The molecule has 1 aliphatic rings. The molecule has 2 heterocycles. The first-order chi connectivity index (χ1) is 14.3. The molecule has 0 spiro atoms. The van der Waals surface area contributed by atoms with Crippen LogP contribution in [-0.2, 0) is 13.1 Å². The second-order valence-corrected chi connectivity index (χ2v) is 7.97.